The molecular formula is C16H10BrF2N3OS2. The van der Waals surface area contributed by atoms with Gasteiger partial charge in [-0.15, -0.1) is 10.2 Å². The lowest BCUT2D eigenvalue weighted by molar-refractivity contribution is 0.102. The number of nitrogens with one attached hydrogen (secondary N) is 1. The maximum Gasteiger partial charge on any atom is 0.257 e. The summed E-state index contributed by atoms with van der Waals surface area (Å²) in [5.74, 6) is -1.21. The molecule has 0 aliphatic carbocycles. The number of hydrogen-bond donors (Lipinski definition) is 1. The van der Waals surface area contributed by atoms with Crippen molar-refractivity contribution >= 4 is 50.1 Å². The highest BCUT2D eigenvalue weighted by molar-refractivity contribution is 9.10. The van der Waals surface area contributed by atoms with Crippen LogP contribution in [0.2, 0.25) is 0 Å². The lowest BCUT2D eigenvalue weighted by Gasteiger charge is -2.01. The Bertz CT molecular complexity index is 920. The summed E-state index contributed by atoms with van der Waals surface area (Å²) in [5, 5.41) is 10.9. The van der Waals surface area contributed by atoms with Crippen LogP contribution in [0.3, 0.4) is 0 Å². The Hall–Kier alpha value is -1.84. The van der Waals surface area contributed by atoms with E-state index in [4.69, 9.17) is 0 Å². The van der Waals surface area contributed by atoms with Gasteiger partial charge < -0.3 is 0 Å². The molecule has 1 N–H and O–H groups in total. The normalized spacial score (nSPS) is 10.7. The van der Waals surface area contributed by atoms with Gasteiger partial charge in [0.05, 0.1) is 0 Å². The third-order valence-corrected chi connectivity index (χ3v) is 5.59. The van der Waals surface area contributed by atoms with Gasteiger partial charge in [0.2, 0.25) is 5.13 Å². The molecule has 0 unspecified atom stereocenters. The van der Waals surface area contributed by atoms with Gasteiger partial charge in [-0.1, -0.05) is 51.2 Å². The Balaban J connectivity index is 1.61. The highest BCUT2D eigenvalue weighted by atomic mass is 79.9. The van der Waals surface area contributed by atoms with Gasteiger partial charge in [-0.05, 0) is 29.8 Å². The highest BCUT2D eigenvalue weighted by Crippen LogP contribution is 2.29. The van der Waals surface area contributed by atoms with Gasteiger partial charge in [-0.2, -0.15) is 0 Å². The summed E-state index contributed by atoms with van der Waals surface area (Å²) in [6.07, 6.45) is 0. The van der Waals surface area contributed by atoms with Crippen LogP contribution >= 0.6 is 39.0 Å². The Labute approximate surface area is 158 Å². The Morgan fingerprint density at radius 3 is 2.80 bits per heavy atom. The predicted molar refractivity (Wildman–Crippen MR) is 97.9 cm³/mol. The minimum atomic E-state index is -0.611. The van der Waals surface area contributed by atoms with Crippen molar-refractivity contribution in [2.75, 3.05) is 5.32 Å². The van der Waals surface area contributed by atoms with Crippen molar-refractivity contribution in [2.24, 2.45) is 0 Å². The number of nitrogens with zero attached hydrogens (tertiary/aromatic N) is 2. The lowest BCUT2D eigenvalue weighted by atomic mass is 10.2. The number of carbonyl (C=O) groups is 1. The Kier molecular flexibility index (Phi) is 5.77. The average Bonchev–Trinajstić information content (AvgIpc) is 3.01. The molecule has 0 saturated carbocycles. The van der Waals surface area contributed by atoms with Crippen LogP contribution in [0.15, 0.2) is 51.3 Å². The molecule has 1 heterocycles. The highest BCUT2D eigenvalue weighted by Gasteiger charge is 2.12. The van der Waals surface area contributed by atoms with Crippen molar-refractivity contribution in [2.45, 2.75) is 10.1 Å². The van der Waals surface area contributed by atoms with E-state index in [1.807, 2.05) is 6.07 Å². The maximum atomic E-state index is 13.6. The summed E-state index contributed by atoms with van der Waals surface area (Å²) >= 11 is 5.76. The summed E-state index contributed by atoms with van der Waals surface area (Å²) in [6, 6.07) is 10.4. The first kappa shape index (κ1) is 18.0. The van der Waals surface area contributed by atoms with E-state index in [1.54, 1.807) is 18.2 Å². The summed E-state index contributed by atoms with van der Waals surface area (Å²) in [6.45, 7) is 0. The van der Waals surface area contributed by atoms with Crippen molar-refractivity contribution in [3.63, 3.8) is 0 Å². The van der Waals surface area contributed by atoms with Crippen molar-refractivity contribution in [3.8, 4) is 0 Å². The monoisotopic (exact) mass is 441 g/mol. The zero-order chi connectivity index (χ0) is 17.8. The molecule has 128 valence electrons. The minimum Gasteiger partial charge on any atom is -0.296 e. The van der Waals surface area contributed by atoms with E-state index < -0.39 is 11.6 Å². The molecule has 0 fully saturated rings. The van der Waals surface area contributed by atoms with E-state index >= 15 is 0 Å². The molecule has 0 spiro atoms. The van der Waals surface area contributed by atoms with Crippen molar-refractivity contribution in [3.05, 3.63) is 69.7 Å². The first-order chi connectivity index (χ1) is 12.0. The fraction of sp³-hybridized carbons (Fsp3) is 0.0625. The van der Waals surface area contributed by atoms with Crippen molar-refractivity contribution < 1.29 is 13.6 Å². The van der Waals surface area contributed by atoms with Crippen molar-refractivity contribution in [1.82, 2.24) is 10.2 Å². The number of amides is 1. The van der Waals surface area contributed by atoms with Gasteiger partial charge >= 0.3 is 0 Å². The van der Waals surface area contributed by atoms with Crippen molar-refractivity contribution in [1.29, 1.82) is 0 Å². The molecule has 3 aromatic rings. The molecule has 0 aliphatic rings. The van der Waals surface area contributed by atoms with Gasteiger partial charge in [-0.25, -0.2) is 8.78 Å². The summed E-state index contributed by atoms with van der Waals surface area (Å²) in [4.78, 5) is 12.1. The van der Waals surface area contributed by atoms with Gasteiger partial charge in [0, 0.05) is 21.9 Å². The quantitative estimate of drug-likeness (QED) is 0.440. The SMILES string of the molecule is O=C(Nc1nnc(SCc2ccc(F)cc2F)s1)c1cccc(Br)c1. The van der Waals surface area contributed by atoms with E-state index in [-0.39, 0.29) is 5.91 Å². The molecule has 0 aliphatic heterocycles. The van der Waals surface area contributed by atoms with E-state index in [9.17, 15) is 13.6 Å². The maximum absolute atomic E-state index is 13.6. The van der Waals surface area contributed by atoms with Crippen LogP contribution in [0.5, 0.6) is 0 Å². The molecule has 4 nitrogen and oxygen atoms in total. The summed E-state index contributed by atoms with van der Waals surface area (Å²) < 4.78 is 27.9. The van der Waals surface area contributed by atoms with E-state index in [0.717, 1.165) is 10.5 Å². The largest absolute Gasteiger partial charge is 0.296 e. The average molecular weight is 442 g/mol. The number of aromatic nitrogens is 2. The lowest BCUT2D eigenvalue weighted by Crippen LogP contribution is -2.11. The van der Waals surface area contributed by atoms with Crippen LogP contribution in [0, 0.1) is 11.6 Å². The zero-order valence-corrected chi connectivity index (χ0v) is 15.7. The van der Waals surface area contributed by atoms with Gasteiger partial charge in [0.25, 0.3) is 5.91 Å². The van der Waals surface area contributed by atoms with Crippen LogP contribution < -0.4 is 5.32 Å². The zero-order valence-electron chi connectivity index (χ0n) is 12.5. The predicted octanol–water partition coefficient (Wildman–Crippen LogP) is 5.12. The fourth-order valence-corrected chi connectivity index (χ4v) is 4.03. The van der Waals surface area contributed by atoms with Crippen LogP contribution in [0.4, 0.5) is 13.9 Å². The third kappa shape index (κ3) is 4.83. The number of halogens is 3. The molecule has 0 radical (unpaired) electrons. The molecule has 9 heteroatoms. The molecule has 1 amide bonds. The molecule has 1 aromatic heterocycles. The van der Waals surface area contributed by atoms with Crippen LogP contribution in [0.1, 0.15) is 15.9 Å². The number of carbonyl (C=O) groups excluding carboxylic acids is 1. The fourth-order valence-electron chi connectivity index (χ4n) is 1.90. The second-order valence-corrected chi connectivity index (χ2v) is 7.98. The number of rotatable bonds is 5. The number of thioether (sulfide) groups is 1. The Morgan fingerprint density at radius 2 is 2.04 bits per heavy atom. The van der Waals surface area contributed by atoms with Gasteiger partial charge in [0.1, 0.15) is 11.6 Å². The Morgan fingerprint density at radius 1 is 1.20 bits per heavy atom. The molecule has 0 bridgehead atoms. The third-order valence-electron chi connectivity index (χ3n) is 3.08. The molecule has 25 heavy (non-hydrogen) atoms. The molecular weight excluding hydrogens is 432 g/mol. The van der Waals surface area contributed by atoms with Gasteiger partial charge in [-0.3, -0.25) is 10.1 Å². The van der Waals surface area contributed by atoms with E-state index in [1.165, 1.54) is 35.2 Å². The summed E-state index contributed by atoms with van der Waals surface area (Å²) in [5.41, 5.74) is 0.869. The molecule has 0 atom stereocenters. The number of anilines is 1. The van der Waals surface area contributed by atoms with E-state index in [2.05, 4.69) is 31.4 Å². The van der Waals surface area contributed by atoms with Gasteiger partial charge in [0.15, 0.2) is 4.34 Å². The topological polar surface area (TPSA) is 54.9 Å². The molecule has 3 rings (SSSR count). The number of hydrogen-bond acceptors (Lipinski definition) is 5. The minimum absolute atomic E-state index is 0.292. The molecule has 0 saturated heterocycles. The molecule has 2 aromatic carbocycles. The standard InChI is InChI=1S/C16H10BrF2N3OS2/c17-11-3-1-2-9(6-11)14(23)20-15-21-22-16(25-15)24-8-10-4-5-12(18)7-13(10)19/h1-7H,8H2,(H,20,21,23). The first-order valence-corrected chi connectivity index (χ1v) is 9.58. The second kappa shape index (κ2) is 8.03. The van der Waals surface area contributed by atoms with Crippen LogP contribution in [-0.2, 0) is 5.75 Å². The van der Waals surface area contributed by atoms with Crippen LogP contribution in [0.25, 0.3) is 0 Å². The van der Waals surface area contributed by atoms with E-state index in [0.29, 0.717) is 26.4 Å². The van der Waals surface area contributed by atoms with Crippen LogP contribution in [-0.4, -0.2) is 16.1 Å². The second-order valence-electron chi connectivity index (χ2n) is 4.86. The number of benzene rings is 2. The summed E-state index contributed by atoms with van der Waals surface area (Å²) in [7, 11) is 0. The first-order valence-electron chi connectivity index (χ1n) is 6.98. The smallest absolute Gasteiger partial charge is 0.257 e.